The first-order valence-corrected chi connectivity index (χ1v) is 16.6. The molecule has 0 radical (unpaired) electrons. The first-order valence-electron chi connectivity index (χ1n) is 12.8. The SMILES string of the molecule is CCCCCCc1cc(Br)sc1COC(=O)CCC(C)(C#N)CC(C)(SC(=S)SCCCC)C(=O)OC. The molecular formula is C27H40BrNO4S4. The van der Waals surface area contributed by atoms with Gasteiger partial charge in [0.05, 0.1) is 22.4 Å². The molecule has 1 rings (SSSR count). The second-order valence-electron chi connectivity index (χ2n) is 9.60. The highest BCUT2D eigenvalue weighted by atomic mass is 79.9. The molecule has 0 saturated carbocycles. The van der Waals surface area contributed by atoms with Crippen LogP contribution in [0.15, 0.2) is 9.85 Å². The monoisotopic (exact) mass is 649 g/mol. The van der Waals surface area contributed by atoms with Crippen LogP contribution in [0.2, 0.25) is 0 Å². The number of unbranched alkanes of at least 4 members (excludes halogenated alkanes) is 4. The van der Waals surface area contributed by atoms with Crippen molar-refractivity contribution in [2.45, 2.75) is 103 Å². The Balaban J connectivity index is 2.73. The number of halogens is 1. The van der Waals surface area contributed by atoms with Crippen LogP contribution in [0.4, 0.5) is 0 Å². The van der Waals surface area contributed by atoms with E-state index in [2.05, 4.69) is 41.9 Å². The predicted octanol–water partition coefficient (Wildman–Crippen LogP) is 8.86. The second-order valence-corrected chi connectivity index (χ2v) is 15.9. The summed E-state index contributed by atoms with van der Waals surface area (Å²) in [5.74, 6) is 0.123. The highest BCUT2D eigenvalue weighted by Crippen LogP contribution is 2.43. The summed E-state index contributed by atoms with van der Waals surface area (Å²) in [6, 6.07) is 4.44. The zero-order chi connectivity index (χ0) is 27.9. The molecule has 0 spiro atoms. The first kappa shape index (κ1) is 34.4. The van der Waals surface area contributed by atoms with E-state index in [-0.39, 0.29) is 31.8 Å². The number of hydrogen-bond donors (Lipinski definition) is 0. The molecule has 2 atom stereocenters. The predicted molar refractivity (Wildman–Crippen MR) is 165 cm³/mol. The highest BCUT2D eigenvalue weighted by Gasteiger charge is 2.43. The number of hydrogen-bond acceptors (Lipinski definition) is 9. The van der Waals surface area contributed by atoms with Crippen molar-refractivity contribution < 1.29 is 19.1 Å². The number of carbonyl (C=O) groups is 2. The van der Waals surface area contributed by atoms with Crippen LogP contribution in [0.1, 0.15) is 95.9 Å². The lowest BCUT2D eigenvalue weighted by molar-refractivity contribution is -0.145. The van der Waals surface area contributed by atoms with E-state index in [1.54, 1.807) is 36.9 Å². The fourth-order valence-corrected chi connectivity index (χ4v) is 8.98. The molecule has 1 aromatic heterocycles. The van der Waals surface area contributed by atoms with Gasteiger partial charge in [0.2, 0.25) is 0 Å². The molecule has 2 unspecified atom stereocenters. The number of nitrogens with zero attached hydrogens (tertiary/aromatic N) is 1. The number of thiocarbonyl (C=S) groups is 1. The Morgan fingerprint density at radius 3 is 2.51 bits per heavy atom. The summed E-state index contributed by atoms with van der Waals surface area (Å²) in [5, 5.41) is 9.99. The Kier molecular flexibility index (Phi) is 16.6. The van der Waals surface area contributed by atoms with Gasteiger partial charge in [-0.3, -0.25) is 9.59 Å². The van der Waals surface area contributed by atoms with E-state index in [9.17, 15) is 14.9 Å². The quantitative estimate of drug-likeness (QED) is 0.0941. The van der Waals surface area contributed by atoms with Crippen molar-refractivity contribution >= 4 is 78.5 Å². The number of methoxy groups -OCH3 is 1. The largest absolute Gasteiger partial charge is 0.468 e. The molecule has 208 valence electrons. The molecule has 5 nitrogen and oxygen atoms in total. The van der Waals surface area contributed by atoms with E-state index in [0.717, 1.165) is 40.1 Å². The van der Waals surface area contributed by atoms with Crippen molar-refractivity contribution in [3.63, 3.8) is 0 Å². The van der Waals surface area contributed by atoms with Gasteiger partial charge in [-0.15, -0.1) is 23.1 Å². The van der Waals surface area contributed by atoms with Crippen LogP contribution >= 0.6 is 63.0 Å². The van der Waals surface area contributed by atoms with Crippen LogP contribution < -0.4 is 0 Å². The maximum absolute atomic E-state index is 12.7. The van der Waals surface area contributed by atoms with Gasteiger partial charge in [-0.05, 0) is 79.3 Å². The fourth-order valence-electron chi connectivity index (χ4n) is 3.91. The van der Waals surface area contributed by atoms with E-state index in [1.807, 2.05) is 0 Å². The van der Waals surface area contributed by atoms with Crippen LogP contribution in [0.25, 0.3) is 0 Å². The zero-order valence-corrected chi connectivity index (χ0v) is 27.5. The number of nitriles is 1. The van der Waals surface area contributed by atoms with Gasteiger partial charge in [0.15, 0.2) is 0 Å². The minimum absolute atomic E-state index is 0.0973. The maximum Gasteiger partial charge on any atom is 0.322 e. The second kappa shape index (κ2) is 17.9. The third kappa shape index (κ3) is 12.9. The molecule has 0 aliphatic carbocycles. The molecule has 0 aromatic carbocycles. The van der Waals surface area contributed by atoms with Crippen LogP contribution in [0, 0.1) is 16.7 Å². The summed E-state index contributed by atoms with van der Waals surface area (Å²) in [6.45, 7) is 8.09. The van der Waals surface area contributed by atoms with Gasteiger partial charge in [0.25, 0.3) is 0 Å². The normalized spacial score (nSPS) is 14.3. The summed E-state index contributed by atoms with van der Waals surface area (Å²) in [6.07, 6.45) is 8.42. The fraction of sp³-hybridized carbons (Fsp3) is 0.704. The molecule has 37 heavy (non-hydrogen) atoms. The van der Waals surface area contributed by atoms with Gasteiger partial charge >= 0.3 is 11.9 Å². The van der Waals surface area contributed by atoms with Crippen LogP contribution in [0.3, 0.4) is 0 Å². The Morgan fingerprint density at radius 1 is 1.19 bits per heavy atom. The zero-order valence-electron chi connectivity index (χ0n) is 22.7. The van der Waals surface area contributed by atoms with Gasteiger partial charge in [0.1, 0.15) is 14.9 Å². The molecule has 0 amide bonds. The lowest BCUT2D eigenvalue weighted by Gasteiger charge is -2.33. The number of thiophene rings is 1. The molecule has 0 aliphatic rings. The Hall–Kier alpha value is -0.600. The van der Waals surface area contributed by atoms with Crippen LogP contribution in [-0.4, -0.2) is 33.1 Å². The van der Waals surface area contributed by atoms with E-state index < -0.39 is 16.1 Å². The highest BCUT2D eigenvalue weighted by molar-refractivity contribution is 9.11. The molecule has 0 saturated heterocycles. The summed E-state index contributed by atoms with van der Waals surface area (Å²) >= 11 is 13.5. The van der Waals surface area contributed by atoms with Crippen molar-refractivity contribution in [1.82, 2.24) is 0 Å². The van der Waals surface area contributed by atoms with Crippen LogP contribution in [-0.2, 0) is 32.1 Å². The third-order valence-corrected chi connectivity index (χ3v) is 10.6. The van der Waals surface area contributed by atoms with E-state index in [4.69, 9.17) is 21.7 Å². The topological polar surface area (TPSA) is 76.4 Å². The smallest absolute Gasteiger partial charge is 0.322 e. The van der Waals surface area contributed by atoms with Crippen molar-refractivity contribution in [2.24, 2.45) is 5.41 Å². The van der Waals surface area contributed by atoms with Crippen LogP contribution in [0.5, 0.6) is 0 Å². The van der Waals surface area contributed by atoms with Crippen molar-refractivity contribution in [3.8, 4) is 6.07 Å². The molecule has 1 heterocycles. The van der Waals surface area contributed by atoms with E-state index in [0.29, 0.717) is 3.53 Å². The summed E-state index contributed by atoms with van der Waals surface area (Å²) in [5.41, 5.74) is 0.302. The standard InChI is InChI=1S/C27H40BrNO4S4/c1-6-8-10-11-12-20-16-22(28)36-21(20)17-33-23(30)13-14-26(3,19-29)18-27(4,24(31)32-5)37-25(34)35-15-9-7-2/h16H,6-15,17-18H2,1-5H3. The van der Waals surface area contributed by atoms with Crippen molar-refractivity contribution in [1.29, 1.82) is 5.26 Å². The number of thioether (sulfide) groups is 2. The average molecular weight is 651 g/mol. The van der Waals surface area contributed by atoms with Gasteiger partial charge in [-0.1, -0.05) is 63.5 Å². The first-order chi connectivity index (χ1) is 17.5. The van der Waals surface area contributed by atoms with E-state index in [1.165, 1.54) is 43.7 Å². The van der Waals surface area contributed by atoms with Gasteiger partial charge in [-0.2, -0.15) is 5.26 Å². The maximum atomic E-state index is 12.7. The molecule has 10 heteroatoms. The molecule has 0 bridgehead atoms. The Morgan fingerprint density at radius 2 is 1.89 bits per heavy atom. The Labute approximate surface area is 249 Å². The van der Waals surface area contributed by atoms with Gasteiger partial charge in [0, 0.05) is 11.3 Å². The Bertz CT molecular complexity index is 932. The van der Waals surface area contributed by atoms with Gasteiger partial charge in [-0.25, -0.2) is 0 Å². The lowest BCUT2D eigenvalue weighted by atomic mass is 9.78. The minimum Gasteiger partial charge on any atom is -0.468 e. The number of ether oxygens (including phenoxy) is 2. The molecule has 0 N–H and O–H groups in total. The number of rotatable bonds is 17. The third-order valence-electron chi connectivity index (χ3n) is 6.05. The molecule has 0 aliphatic heterocycles. The molecule has 1 aromatic rings. The van der Waals surface area contributed by atoms with Crippen molar-refractivity contribution in [3.05, 3.63) is 20.3 Å². The minimum atomic E-state index is -1.02. The molecular weight excluding hydrogens is 610 g/mol. The van der Waals surface area contributed by atoms with Crippen molar-refractivity contribution in [2.75, 3.05) is 12.9 Å². The summed E-state index contributed by atoms with van der Waals surface area (Å²) in [7, 11) is 1.34. The number of carbonyl (C=O) groups excluding carboxylic acids is 2. The number of esters is 2. The molecule has 0 fully saturated rings. The average Bonchev–Trinajstić information content (AvgIpc) is 3.22. The lowest BCUT2D eigenvalue weighted by Crippen LogP contribution is -2.39. The summed E-state index contributed by atoms with van der Waals surface area (Å²) in [4.78, 5) is 26.4. The van der Waals surface area contributed by atoms with E-state index >= 15 is 0 Å². The van der Waals surface area contributed by atoms with Gasteiger partial charge < -0.3 is 9.47 Å². The summed E-state index contributed by atoms with van der Waals surface area (Å²) < 4.78 is 11.3. The number of aryl methyl sites for hydroxylation is 1.